The van der Waals surface area contributed by atoms with Crippen molar-refractivity contribution < 1.29 is 4.52 Å². The molecule has 1 nitrogen and oxygen atoms in total. The quantitative estimate of drug-likeness (QED) is 0.634. The molecule has 1 atom stereocenters. The van der Waals surface area contributed by atoms with Gasteiger partial charge in [-0.25, -0.2) is 0 Å². The van der Waals surface area contributed by atoms with E-state index in [1.807, 2.05) is 0 Å². The van der Waals surface area contributed by atoms with Crippen molar-refractivity contribution in [1.82, 2.24) is 0 Å². The summed E-state index contributed by atoms with van der Waals surface area (Å²) >= 11 is 0. The molecule has 0 saturated carbocycles. The number of aryl methyl sites for hydroxylation is 1. The third-order valence-corrected chi connectivity index (χ3v) is 4.30. The lowest BCUT2D eigenvalue weighted by atomic mass is 10.2. The molecule has 0 N–H and O–H groups in total. The van der Waals surface area contributed by atoms with Gasteiger partial charge in [-0.05, 0) is 18.9 Å². The summed E-state index contributed by atoms with van der Waals surface area (Å²) in [4.78, 5) is 0. The van der Waals surface area contributed by atoms with Crippen LogP contribution in [0.2, 0.25) is 0 Å². The SMILES string of the molecule is CCOP1CCc2ccccc21. The molecule has 12 heavy (non-hydrogen) atoms. The summed E-state index contributed by atoms with van der Waals surface area (Å²) in [6, 6.07) is 8.66. The van der Waals surface area contributed by atoms with Crippen molar-refractivity contribution in [3.05, 3.63) is 29.8 Å². The minimum atomic E-state index is -0.261. The Labute approximate surface area is 74.6 Å². The molecule has 0 spiro atoms. The zero-order chi connectivity index (χ0) is 8.39. The van der Waals surface area contributed by atoms with E-state index >= 15 is 0 Å². The predicted octanol–water partition coefficient (Wildman–Crippen LogP) is 2.30. The van der Waals surface area contributed by atoms with Gasteiger partial charge in [-0.3, -0.25) is 0 Å². The zero-order valence-corrected chi connectivity index (χ0v) is 8.18. The maximum Gasteiger partial charge on any atom is 0.0609 e. The maximum absolute atomic E-state index is 5.69. The van der Waals surface area contributed by atoms with Gasteiger partial charge in [0.05, 0.1) is 8.15 Å². The third-order valence-electron chi connectivity index (χ3n) is 2.13. The molecule has 0 radical (unpaired) electrons. The Hall–Kier alpha value is -0.390. The van der Waals surface area contributed by atoms with Crippen molar-refractivity contribution >= 4 is 13.5 Å². The second kappa shape index (κ2) is 3.55. The van der Waals surface area contributed by atoms with Crippen LogP contribution in [-0.4, -0.2) is 12.8 Å². The van der Waals surface area contributed by atoms with Gasteiger partial charge >= 0.3 is 0 Å². The van der Waals surface area contributed by atoms with Gasteiger partial charge in [0.15, 0.2) is 0 Å². The zero-order valence-electron chi connectivity index (χ0n) is 7.29. The van der Waals surface area contributed by atoms with Crippen molar-refractivity contribution in [3.63, 3.8) is 0 Å². The molecular weight excluding hydrogens is 167 g/mol. The Morgan fingerprint density at radius 1 is 1.42 bits per heavy atom. The molecule has 1 aliphatic heterocycles. The van der Waals surface area contributed by atoms with Crippen molar-refractivity contribution in [2.75, 3.05) is 12.8 Å². The highest BCUT2D eigenvalue weighted by Gasteiger charge is 2.21. The smallest absolute Gasteiger partial charge is 0.0609 e. The number of hydrogen-bond donors (Lipinski definition) is 0. The molecule has 64 valence electrons. The van der Waals surface area contributed by atoms with Crippen LogP contribution in [0.15, 0.2) is 24.3 Å². The Morgan fingerprint density at radius 3 is 3.08 bits per heavy atom. The molecule has 0 aromatic heterocycles. The van der Waals surface area contributed by atoms with Gasteiger partial charge in [0.25, 0.3) is 0 Å². The Kier molecular flexibility index (Phi) is 2.43. The largest absolute Gasteiger partial charge is 0.355 e. The molecule has 1 aromatic carbocycles. The fourth-order valence-corrected chi connectivity index (χ4v) is 3.62. The topological polar surface area (TPSA) is 9.23 Å². The van der Waals surface area contributed by atoms with E-state index in [4.69, 9.17) is 4.52 Å². The first-order valence-electron chi connectivity index (χ1n) is 4.40. The highest BCUT2D eigenvalue weighted by atomic mass is 31.1. The molecule has 0 bridgehead atoms. The van der Waals surface area contributed by atoms with Crippen LogP contribution in [0.4, 0.5) is 0 Å². The highest BCUT2D eigenvalue weighted by molar-refractivity contribution is 7.61. The van der Waals surface area contributed by atoms with E-state index in [9.17, 15) is 0 Å². The minimum absolute atomic E-state index is 0.261. The van der Waals surface area contributed by atoms with E-state index in [0.29, 0.717) is 0 Å². The van der Waals surface area contributed by atoms with Gasteiger partial charge in [0, 0.05) is 18.1 Å². The lowest BCUT2D eigenvalue weighted by Gasteiger charge is -2.10. The minimum Gasteiger partial charge on any atom is -0.355 e. The van der Waals surface area contributed by atoms with Gasteiger partial charge in [-0.15, -0.1) is 0 Å². The summed E-state index contributed by atoms with van der Waals surface area (Å²) < 4.78 is 5.69. The van der Waals surface area contributed by atoms with Gasteiger partial charge in [-0.2, -0.15) is 0 Å². The predicted molar refractivity (Wildman–Crippen MR) is 53.2 cm³/mol. The third kappa shape index (κ3) is 1.39. The number of benzene rings is 1. The van der Waals surface area contributed by atoms with Gasteiger partial charge in [-0.1, -0.05) is 24.3 Å². The van der Waals surface area contributed by atoms with Gasteiger partial charge in [0.1, 0.15) is 0 Å². The van der Waals surface area contributed by atoms with Crippen LogP contribution in [0, 0.1) is 0 Å². The van der Waals surface area contributed by atoms with Crippen molar-refractivity contribution in [2.24, 2.45) is 0 Å². The van der Waals surface area contributed by atoms with Crippen LogP contribution in [0.1, 0.15) is 12.5 Å². The molecule has 2 rings (SSSR count). The maximum atomic E-state index is 5.69. The van der Waals surface area contributed by atoms with Crippen molar-refractivity contribution in [3.8, 4) is 0 Å². The molecule has 1 aromatic rings. The first-order chi connectivity index (χ1) is 5.92. The summed E-state index contributed by atoms with van der Waals surface area (Å²) in [6.45, 7) is 2.92. The van der Waals surface area contributed by atoms with Crippen molar-refractivity contribution in [2.45, 2.75) is 13.3 Å². The fourth-order valence-electron chi connectivity index (χ4n) is 1.60. The van der Waals surface area contributed by atoms with Crippen LogP contribution in [-0.2, 0) is 10.9 Å². The average Bonchev–Trinajstić information content (AvgIpc) is 2.50. The van der Waals surface area contributed by atoms with Crippen LogP contribution in [0.25, 0.3) is 0 Å². The van der Waals surface area contributed by atoms with Gasteiger partial charge < -0.3 is 4.52 Å². The molecular formula is C10H13OP. The normalized spacial score (nSPS) is 20.9. The molecule has 0 amide bonds. The van der Waals surface area contributed by atoms with E-state index in [1.54, 1.807) is 0 Å². The van der Waals surface area contributed by atoms with E-state index in [2.05, 4.69) is 31.2 Å². The number of hydrogen-bond acceptors (Lipinski definition) is 1. The van der Waals surface area contributed by atoms with Crippen LogP contribution in [0.3, 0.4) is 0 Å². The molecule has 1 unspecified atom stereocenters. The van der Waals surface area contributed by atoms with E-state index in [1.165, 1.54) is 23.5 Å². The summed E-state index contributed by atoms with van der Waals surface area (Å²) in [5, 5.41) is 1.47. The Balaban J connectivity index is 2.24. The van der Waals surface area contributed by atoms with Crippen LogP contribution >= 0.6 is 8.15 Å². The van der Waals surface area contributed by atoms with Crippen LogP contribution in [0.5, 0.6) is 0 Å². The summed E-state index contributed by atoms with van der Waals surface area (Å²) in [5.41, 5.74) is 1.50. The monoisotopic (exact) mass is 180 g/mol. The molecule has 0 aliphatic carbocycles. The van der Waals surface area contributed by atoms with Crippen molar-refractivity contribution in [1.29, 1.82) is 0 Å². The number of fused-ring (bicyclic) bond motifs is 1. The Morgan fingerprint density at radius 2 is 2.25 bits per heavy atom. The summed E-state index contributed by atoms with van der Waals surface area (Å²) in [7, 11) is -0.261. The summed E-state index contributed by atoms with van der Waals surface area (Å²) in [6.07, 6.45) is 2.43. The first kappa shape index (κ1) is 8.22. The van der Waals surface area contributed by atoms with E-state index in [0.717, 1.165) is 6.61 Å². The van der Waals surface area contributed by atoms with Gasteiger partial charge in [0.2, 0.25) is 0 Å². The summed E-state index contributed by atoms with van der Waals surface area (Å²) in [5.74, 6) is 0. The molecule has 1 heterocycles. The lowest BCUT2D eigenvalue weighted by molar-refractivity contribution is 0.384. The molecule has 0 fully saturated rings. The Bertz CT molecular complexity index is 270. The fraction of sp³-hybridized carbons (Fsp3) is 0.400. The number of rotatable bonds is 2. The second-order valence-electron chi connectivity index (χ2n) is 2.90. The lowest BCUT2D eigenvalue weighted by Crippen LogP contribution is -2.01. The second-order valence-corrected chi connectivity index (χ2v) is 4.84. The van der Waals surface area contributed by atoms with E-state index < -0.39 is 0 Å². The van der Waals surface area contributed by atoms with Crippen LogP contribution < -0.4 is 5.30 Å². The molecule has 2 heteroatoms. The van der Waals surface area contributed by atoms with E-state index in [-0.39, 0.29) is 8.15 Å². The standard InChI is InChI=1S/C10H13OP/c1-2-11-12-8-7-9-5-3-4-6-10(9)12/h3-6H,2,7-8H2,1H3. The average molecular weight is 180 g/mol. The molecule has 1 aliphatic rings. The first-order valence-corrected chi connectivity index (χ1v) is 5.84. The molecule has 0 saturated heterocycles. The highest BCUT2D eigenvalue weighted by Crippen LogP contribution is 2.42.